The molecule has 5 heteroatoms. The minimum Gasteiger partial charge on any atom is -0.326 e. The van der Waals surface area contributed by atoms with Crippen molar-refractivity contribution in [3.63, 3.8) is 0 Å². The van der Waals surface area contributed by atoms with Gasteiger partial charge in [-0.1, -0.05) is 0 Å². The summed E-state index contributed by atoms with van der Waals surface area (Å²) in [5.74, 6) is 0. The second kappa shape index (κ2) is 3.68. The molecule has 2 N–H and O–H groups in total. The van der Waals surface area contributed by atoms with Gasteiger partial charge < -0.3 is 10.3 Å². The molecule has 1 aliphatic rings. The highest BCUT2D eigenvalue weighted by Gasteiger charge is 2.26. The lowest BCUT2D eigenvalue weighted by Crippen LogP contribution is -2.05. The minimum atomic E-state index is 0.00213. The molecule has 1 unspecified atom stereocenters. The average molecular weight is 234 g/mol. The van der Waals surface area contributed by atoms with E-state index in [0.717, 1.165) is 16.4 Å². The zero-order valence-corrected chi connectivity index (χ0v) is 9.94. The second-order valence-corrected chi connectivity index (χ2v) is 5.14. The molecule has 1 fully saturated rings. The number of hydrogen-bond acceptors (Lipinski definition) is 4. The van der Waals surface area contributed by atoms with E-state index in [-0.39, 0.29) is 6.04 Å². The van der Waals surface area contributed by atoms with Crippen molar-refractivity contribution >= 4 is 11.3 Å². The summed E-state index contributed by atoms with van der Waals surface area (Å²) in [7, 11) is 0. The largest absolute Gasteiger partial charge is 0.326 e. The van der Waals surface area contributed by atoms with Gasteiger partial charge in [-0.3, -0.25) is 0 Å². The summed E-state index contributed by atoms with van der Waals surface area (Å²) in [5, 5.41) is 3.06. The molecule has 1 saturated carbocycles. The van der Waals surface area contributed by atoms with Crippen LogP contribution in [-0.4, -0.2) is 14.5 Å². The van der Waals surface area contributed by atoms with E-state index in [2.05, 4.69) is 14.5 Å². The maximum Gasteiger partial charge on any atom is 0.141 e. The van der Waals surface area contributed by atoms with Crippen LogP contribution < -0.4 is 5.73 Å². The molecule has 0 aromatic carbocycles. The maximum atomic E-state index is 5.81. The Morgan fingerprint density at radius 3 is 3.00 bits per heavy atom. The molecule has 2 aromatic rings. The fourth-order valence-electron chi connectivity index (χ4n) is 1.73. The Labute approximate surface area is 98.1 Å². The van der Waals surface area contributed by atoms with Gasteiger partial charge in [0.1, 0.15) is 5.01 Å². The predicted molar refractivity (Wildman–Crippen MR) is 64.2 cm³/mol. The molecule has 0 saturated heterocycles. The van der Waals surface area contributed by atoms with E-state index in [1.54, 1.807) is 11.3 Å². The Balaban J connectivity index is 1.97. The SMILES string of the molecule is CC(N)c1csc(-c2cncn2C2CC2)n1. The number of rotatable bonds is 3. The van der Waals surface area contributed by atoms with Crippen LogP contribution >= 0.6 is 11.3 Å². The van der Waals surface area contributed by atoms with Gasteiger partial charge in [0.15, 0.2) is 0 Å². The summed E-state index contributed by atoms with van der Waals surface area (Å²) < 4.78 is 2.23. The number of thiazole rings is 1. The number of hydrogen-bond donors (Lipinski definition) is 1. The molecule has 0 spiro atoms. The van der Waals surface area contributed by atoms with Crippen LogP contribution in [0.15, 0.2) is 17.9 Å². The van der Waals surface area contributed by atoms with Gasteiger partial charge in [0.25, 0.3) is 0 Å². The fourth-order valence-corrected chi connectivity index (χ4v) is 2.66. The van der Waals surface area contributed by atoms with Crippen LogP contribution in [0.25, 0.3) is 10.7 Å². The van der Waals surface area contributed by atoms with Gasteiger partial charge >= 0.3 is 0 Å². The molecular formula is C11H14N4S. The highest BCUT2D eigenvalue weighted by Crippen LogP contribution is 2.38. The smallest absolute Gasteiger partial charge is 0.141 e. The molecule has 1 aliphatic carbocycles. The first-order valence-electron chi connectivity index (χ1n) is 5.49. The van der Waals surface area contributed by atoms with Crippen LogP contribution in [-0.2, 0) is 0 Å². The van der Waals surface area contributed by atoms with E-state index in [0.29, 0.717) is 6.04 Å². The summed E-state index contributed by atoms with van der Waals surface area (Å²) in [6.07, 6.45) is 6.31. The van der Waals surface area contributed by atoms with Gasteiger partial charge in [-0.15, -0.1) is 11.3 Å². The van der Waals surface area contributed by atoms with E-state index in [1.165, 1.54) is 12.8 Å². The Morgan fingerprint density at radius 2 is 2.38 bits per heavy atom. The number of nitrogens with two attached hydrogens (primary N) is 1. The van der Waals surface area contributed by atoms with Gasteiger partial charge in [0.05, 0.1) is 23.9 Å². The maximum absolute atomic E-state index is 5.81. The Kier molecular flexibility index (Phi) is 2.29. The van der Waals surface area contributed by atoms with Crippen molar-refractivity contribution in [2.24, 2.45) is 5.73 Å². The molecule has 4 nitrogen and oxygen atoms in total. The van der Waals surface area contributed by atoms with E-state index in [9.17, 15) is 0 Å². The van der Waals surface area contributed by atoms with Crippen molar-refractivity contribution in [2.45, 2.75) is 31.8 Å². The van der Waals surface area contributed by atoms with Crippen LogP contribution in [0.2, 0.25) is 0 Å². The van der Waals surface area contributed by atoms with Crippen molar-refractivity contribution in [2.75, 3.05) is 0 Å². The first-order chi connectivity index (χ1) is 7.75. The molecular weight excluding hydrogens is 220 g/mol. The topological polar surface area (TPSA) is 56.7 Å². The van der Waals surface area contributed by atoms with E-state index < -0.39 is 0 Å². The van der Waals surface area contributed by atoms with Crippen LogP contribution in [0.1, 0.15) is 37.5 Å². The molecule has 0 amide bonds. The number of imidazole rings is 1. The summed E-state index contributed by atoms with van der Waals surface area (Å²) in [4.78, 5) is 8.77. The summed E-state index contributed by atoms with van der Waals surface area (Å²) in [6.45, 7) is 1.96. The number of aromatic nitrogens is 3. The summed E-state index contributed by atoms with van der Waals surface area (Å²) in [5.41, 5.74) is 7.90. The zero-order valence-electron chi connectivity index (χ0n) is 9.13. The highest BCUT2D eigenvalue weighted by molar-refractivity contribution is 7.13. The molecule has 0 bridgehead atoms. The van der Waals surface area contributed by atoms with Crippen LogP contribution in [0.5, 0.6) is 0 Å². The van der Waals surface area contributed by atoms with Crippen molar-refractivity contribution in [1.29, 1.82) is 0 Å². The lowest BCUT2D eigenvalue weighted by molar-refractivity contribution is 0.745. The molecule has 1 atom stereocenters. The Bertz CT molecular complexity index is 496. The molecule has 16 heavy (non-hydrogen) atoms. The molecule has 2 aromatic heterocycles. The van der Waals surface area contributed by atoms with Crippen molar-refractivity contribution < 1.29 is 0 Å². The lowest BCUT2D eigenvalue weighted by atomic mass is 10.3. The quantitative estimate of drug-likeness (QED) is 0.887. The second-order valence-electron chi connectivity index (χ2n) is 4.28. The fraction of sp³-hybridized carbons (Fsp3) is 0.455. The van der Waals surface area contributed by atoms with Crippen molar-refractivity contribution in [1.82, 2.24) is 14.5 Å². The molecule has 0 aliphatic heterocycles. The average Bonchev–Trinajstić information content (AvgIpc) is 2.83. The summed E-state index contributed by atoms with van der Waals surface area (Å²) >= 11 is 1.64. The third-order valence-electron chi connectivity index (χ3n) is 2.81. The van der Waals surface area contributed by atoms with Gasteiger partial charge in [-0.25, -0.2) is 9.97 Å². The number of nitrogens with zero attached hydrogens (tertiary/aromatic N) is 3. The normalized spacial score (nSPS) is 17.6. The van der Waals surface area contributed by atoms with Crippen LogP contribution in [0.3, 0.4) is 0 Å². The third kappa shape index (κ3) is 1.66. The standard InChI is InChI=1S/C11H14N4S/c1-7(12)9-5-16-11(14-9)10-4-13-6-15(10)8-2-3-8/h4-8H,2-3,12H2,1H3. The van der Waals surface area contributed by atoms with Crippen molar-refractivity contribution in [3.8, 4) is 10.7 Å². The molecule has 2 heterocycles. The predicted octanol–water partition coefficient (Wildman–Crippen LogP) is 2.36. The van der Waals surface area contributed by atoms with E-state index in [1.807, 2.05) is 24.8 Å². The van der Waals surface area contributed by atoms with Gasteiger partial charge in [0.2, 0.25) is 0 Å². The Morgan fingerprint density at radius 1 is 1.56 bits per heavy atom. The summed E-state index contributed by atoms with van der Waals surface area (Å²) in [6, 6.07) is 0.641. The van der Waals surface area contributed by atoms with E-state index in [4.69, 9.17) is 5.73 Å². The minimum absolute atomic E-state index is 0.00213. The lowest BCUT2D eigenvalue weighted by Gasteiger charge is -2.03. The van der Waals surface area contributed by atoms with Crippen molar-refractivity contribution in [3.05, 3.63) is 23.6 Å². The monoisotopic (exact) mass is 234 g/mol. The van der Waals surface area contributed by atoms with Crippen LogP contribution in [0.4, 0.5) is 0 Å². The third-order valence-corrected chi connectivity index (χ3v) is 3.70. The highest BCUT2D eigenvalue weighted by atomic mass is 32.1. The Hall–Kier alpha value is -1.20. The van der Waals surface area contributed by atoms with E-state index >= 15 is 0 Å². The van der Waals surface area contributed by atoms with Gasteiger partial charge in [-0.2, -0.15) is 0 Å². The van der Waals surface area contributed by atoms with Gasteiger partial charge in [0, 0.05) is 17.5 Å². The zero-order chi connectivity index (χ0) is 11.1. The van der Waals surface area contributed by atoms with Gasteiger partial charge in [-0.05, 0) is 19.8 Å². The van der Waals surface area contributed by atoms with Crippen LogP contribution in [0, 0.1) is 0 Å². The first kappa shape index (κ1) is 9.99. The molecule has 84 valence electrons. The molecule has 3 rings (SSSR count). The first-order valence-corrected chi connectivity index (χ1v) is 6.37. The molecule has 0 radical (unpaired) electrons.